The number of carbonyl (C=O) groups is 1. The van der Waals surface area contributed by atoms with Gasteiger partial charge in [-0.2, -0.15) is 0 Å². The van der Waals surface area contributed by atoms with E-state index in [-0.39, 0.29) is 52.6 Å². The van der Waals surface area contributed by atoms with Gasteiger partial charge in [0.1, 0.15) is 23.1 Å². The molecule has 2 aromatic carbocycles. The number of aliphatic hydroxyl groups is 1. The zero-order valence-corrected chi connectivity index (χ0v) is 25.2. The monoisotopic (exact) mass is 655 g/mol. The van der Waals surface area contributed by atoms with Gasteiger partial charge in [0.25, 0.3) is 0 Å². The lowest BCUT2D eigenvalue weighted by Gasteiger charge is -2.21. The summed E-state index contributed by atoms with van der Waals surface area (Å²) in [4.78, 5) is 29.5. The van der Waals surface area contributed by atoms with Crippen molar-refractivity contribution in [1.29, 1.82) is 0 Å². The lowest BCUT2D eigenvalue weighted by Crippen LogP contribution is -2.34. The normalized spacial score (nSPS) is 10.9. The molecule has 2 heterocycles. The standard InChI is InChI=1S/C27H24Cl2FN3O7S2/c1-15(34)13-33(26(35)37-14-23-16(2)38-27(36)40-23)8-3-4-17-10-18(28)5-6-21(17)39-22-12-20(30)24(11-19(22)29)42-32-25-31-7-9-41-25/h5-7,9-12,34H,1,3-4,8,13-14H2,2H3,(H,31,32). The van der Waals surface area contributed by atoms with Crippen LogP contribution in [0.4, 0.5) is 14.3 Å². The summed E-state index contributed by atoms with van der Waals surface area (Å²) in [6.07, 6.45) is 1.66. The molecule has 0 spiro atoms. The predicted molar refractivity (Wildman–Crippen MR) is 158 cm³/mol. The predicted octanol–water partition coefficient (Wildman–Crippen LogP) is 8.00. The zero-order valence-electron chi connectivity index (χ0n) is 22.0. The summed E-state index contributed by atoms with van der Waals surface area (Å²) in [5.74, 6) is -0.907. The lowest BCUT2D eigenvalue weighted by molar-refractivity contribution is 0.0883. The van der Waals surface area contributed by atoms with Crippen molar-refractivity contribution < 1.29 is 32.6 Å². The van der Waals surface area contributed by atoms with E-state index in [2.05, 4.69) is 16.3 Å². The maximum Gasteiger partial charge on any atom is 0.519 e. The third-order valence-electron chi connectivity index (χ3n) is 5.58. The largest absolute Gasteiger partial charge is 0.519 e. The number of carbonyl (C=O) groups excluding carboxylic acids is 1. The molecule has 1 amide bonds. The van der Waals surface area contributed by atoms with Gasteiger partial charge in [-0.1, -0.05) is 29.8 Å². The summed E-state index contributed by atoms with van der Waals surface area (Å²) < 4.78 is 38.6. The highest BCUT2D eigenvalue weighted by atomic mass is 35.5. The Hall–Kier alpha value is -3.65. The number of thiazole rings is 1. The van der Waals surface area contributed by atoms with E-state index in [0.29, 0.717) is 34.3 Å². The minimum atomic E-state index is -0.902. The highest BCUT2D eigenvalue weighted by Crippen LogP contribution is 2.37. The van der Waals surface area contributed by atoms with Crippen molar-refractivity contribution >= 4 is 57.7 Å². The first kappa shape index (κ1) is 31.3. The molecule has 0 saturated heterocycles. The van der Waals surface area contributed by atoms with Gasteiger partial charge < -0.3 is 33.0 Å². The van der Waals surface area contributed by atoms with Crippen molar-refractivity contribution in [3.63, 3.8) is 0 Å². The molecule has 0 unspecified atom stereocenters. The maximum atomic E-state index is 14.9. The van der Waals surface area contributed by atoms with Crippen molar-refractivity contribution in [3.8, 4) is 11.5 Å². The van der Waals surface area contributed by atoms with Crippen LogP contribution < -0.4 is 15.3 Å². The smallest absolute Gasteiger partial charge is 0.511 e. The quantitative estimate of drug-likeness (QED) is 0.108. The number of anilines is 1. The van der Waals surface area contributed by atoms with E-state index < -0.39 is 17.7 Å². The van der Waals surface area contributed by atoms with Gasteiger partial charge in [-0.25, -0.2) is 19.0 Å². The molecule has 0 atom stereocenters. The molecule has 42 heavy (non-hydrogen) atoms. The summed E-state index contributed by atoms with van der Waals surface area (Å²) in [7, 11) is 0. The third kappa shape index (κ3) is 8.68. The SMILES string of the molecule is C=C(O)CN(CCCc1cc(Cl)ccc1Oc1cc(F)c(SNc2nccs2)cc1Cl)C(=O)OCc1oc(=O)oc1C. The molecule has 0 aliphatic carbocycles. The lowest BCUT2D eigenvalue weighted by atomic mass is 10.1. The summed E-state index contributed by atoms with van der Waals surface area (Å²) in [5.41, 5.74) is 0.676. The van der Waals surface area contributed by atoms with Crippen LogP contribution in [0.5, 0.6) is 11.5 Å². The Kier molecular flexibility index (Phi) is 10.8. The second-order valence-corrected chi connectivity index (χ2v) is 11.3. The van der Waals surface area contributed by atoms with Crippen LogP contribution in [-0.4, -0.2) is 34.2 Å². The fraction of sp³-hybridized carbons (Fsp3) is 0.222. The number of aliphatic hydroxyl groups excluding tert-OH is 1. The van der Waals surface area contributed by atoms with Crippen LogP contribution in [0.2, 0.25) is 10.0 Å². The van der Waals surface area contributed by atoms with Gasteiger partial charge in [0.15, 0.2) is 23.3 Å². The van der Waals surface area contributed by atoms with Gasteiger partial charge in [0.05, 0.1) is 16.5 Å². The van der Waals surface area contributed by atoms with Gasteiger partial charge >= 0.3 is 11.9 Å². The van der Waals surface area contributed by atoms with Gasteiger partial charge in [-0.05, 0) is 61.5 Å². The molecule has 222 valence electrons. The Labute approximate surface area is 257 Å². The summed E-state index contributed by atoms with van der Waals surface area (Å²) in [5, 5.41) is 12.8. The van der Waals surface area contributed by atoms with Crippen molar-refractivity contribution in [2.75, 3.05) is 17.8 Å². The molecule has 15 heteroatoms. The van der Waals surface area contributed by atoms with Crippen LogP contribution in [0.25, 0.3) is 0 Å². The number of nitrogens with zero attached hydrogens (tertiary/aromatic N) is 2. The average molecular weight is 657 g/mol. The van der Waals surface area contributed by atoms with E-state index in [0.717, 1.165) is 11.9 Å². The molecule has 4 aromatic rings. The first-order valence-corrected chi connectivity index (χ1v) is 14.7. The molecule has 10 nitrogen and oxygen atoms in total. The number of benzene rings is 2. The molecule has 0 bridgehead atoms. The minimum absolute atomic E-state index is 0.0781. The molecule has 4 rings (SSSR count). The number of aromatic nitrogens is 1. The second-order valence-electron chi connectivity index (χ2n) is 8.69. The first-order chi connectivity index (χ1) is 20.1. The number of aryl methyl sites for hydroxylation is 2. The first-order valence-electron chi connectivity index (χ1n) is 12.2. The molecule has 0 aliphatic rings. The van der Waals surface area contributed by atoms with Gasteiger partial charge in [0.2, 0.25) is 0 Å². The van der Waals surface area contributed by atoms with E-state index in [1.807, 2.05) is 0 Å². The number of hydrogen-bond acceptors (Lipinski definition) is 11. The third-order valence-corrected chi connectivity index (χ3v) is 7.75. The van der Waals surface area contributed by atoms with Gasteiger partial charge in [-0.3, -0.25) is 0 Å². The Balaban J connectivity index is 1.40. The molecule has 0 radical (unpaired) electrons. The van der Waals surface area contributed by atoms with Crippen LogP contribution in [0.15, 0.2) is 72.8 Å². The number of halogens is 3. The zero-order chi connectivity index (χ0) is 30.2. The fourth-order valence-corrected chi connectivity index (χ4v) is 5.38. The van der Waals surface area contributed by atoms with Crippen LogP contribution in [0.1, 0.15) is 23.5 Å². The van der Waals surface area contributed by atoms with E-state index in [4.69, 9.17) is 41.5 Å². The van der Waals surface area contributed by atoms with Crippen LogP contribution >= 0.6 is 46.5 Å². The van der Waals surface area contributed by atoms with Crippen molar-refractivity contribution in [1.82, 2.24) is 9.88 Å². The topological polar surface area (TPSA) is 127 Å². The molecule has 2 aromatic heterocycles. The summed E-state index contributed by atoms with van der Waals surface area (Å²) >= 11 is 15.1. The number of nitrogens with one attached hydrogen (secondary N) is 1. The summed E-state index contributed by atoms with van der Waals surface area (Å²) in [6, 6.07) is 7.61. The van der Waals surface area contributed by atoms with Gasteiger partial charge in [-0.15, -0.1) is 11.3 Å². The average Bonchev–Trinajstić information content (AvgIpc) is 3.57. The highest BCUT2D eigenvalue weighted by molar-refractivity contribution is 8.00. The summed E-state index contributed by atoms with van der Waals surface area (Å²) in [6.45, 7) is 4.60. The Morgan fingerprint density at radius 1 is 1.26 bits per heavy atom. The minimum Gasteiger partial charge on any atom is -0.511 e. The van der Waals surface area contributed by atoms with Crippen LogP contribution in [0.3, 0.4) is 0 Å². The molecule has 0 aliphatic heterocycles. The van der Waals surface area contributed by atoms with E-state index in [9.17, 15) is 19.1 Å². The fourth-order valence-electron chi connectivity index (χ4n) is 3.64. The molecule has 0 fully saturated rings. The molecule has 0 saturated carbocycles. The Morgan fingerprint density at radius 3 is 2.76 bits per heavy atom. The van der Waals surface area contributed by atoms with E-state index >= 15 is 0 Å². The Morgan fingerprint density at radius 2 is 2.07 bits per heavy atom. The number of rotatable bonds is 13. The Bertz CT molecular complexity index is 1610. The number of hydrogen-bond donors (Lipinski definition) is 2. The van der Waals surface area contributed by atoms with Crippen molar-refractivity contribution in [2.24, 2.45) is 0 Å². The van der Waals surface area contributed by atoms with E-state index in [1.54, 1.807) is 29.8 Å². The van der Waals surface area contributed by atoms with E-state index in [1.165, 1.54) is 35.3 Å². The molecular weight excluding hydrogens is 632 g/mol. The number of amides is 1. The van der Waals surface area contributed by atoms with Crippen LogP contribution in [-0.2, 0) is 17.8 Å². The maximum absolute atomic E-state index is 14.9. The molecular formula is C27H24Cl2FN3O7S2. The van der Waals surface area contributed by atoms with Crippen molar-refractivity contribution in [2.45, 2.75) is 31.3 Å². The number of ether oxygens (including phenoxy) is 2. The van der Waals surface area contributed by atoms with Gasteiger partial charge in [0, 0.05) is 29.2 Å². The van der Waals surface area contributed by atoms with Crippen LogP contribution in [0, 0.1) is 12.7 Å². The highest BCUT2D eigenvalue weighted by Gasteiger charge is 2.19. The second kappa shape index (κ2) is 14.5. The van der Waals surface area contributed by atoms with Crippen molar-refractivity contribution in [3.05, 3.63) is 97.8 Å². The molecule has 2 N–H and O–H groups in total.